The molecule has 0 aliphatic heterocycles. The summed E-state index contributed by atoms with van der Waals surface area (Å²) in [6.07, 6.45) is 4.95. The van der Waals surface area contributed by atoms with Crippen molar-refractivity contribution in [2.24, 2.45) is 5.92 Å². The molecule has 0 radical (unpaired) electrons. The third-order valence-corrected chi connectivity index (χ3v) is 1.80. The van der Waals surface area contributed by atoms with E-state index in [0.717, 1.165) is 19.5 Å². The maximum absolute atomic E-state index is 11.3. The van der Waals surface area contributed by atoms with E-state index in [1.54, 1.807) is 0 Å². The molecule has 1 unspecified atom stereocenters. The van der Waals surface area contributed by atoms with Crippen LogP contribution >= 0.6 is 0 Å². The predicted molar refractivity (Wildman–Crippen MR) is 55.5 cm³/mol. The van der Waals surface area contributed by atoms with Crippen LogP contribution in [-0.2, 0) is 4.79 Å². The lowest BCUT2D eigenvalue weighted by molar-refractivity contribution is -0.124. The molecule has 2 N–H and O–H groups in total. The fourth-order valence-corrected chi connectivity index (χ4v) is 1.02. The summed E-state index contributed by atoms with van der Waals surface area (Å²) in [7, 11) is 1.85. The second-order valence-corrected chi connectivity index (χ2v) is 3.11. The second kappa shape index (κ2) is 7.80. The van der Waals surface area contributed by atoms with E-state index in [-0.39, 0.29) is 11.8 Å². The molecule has 1 amide bonds. The van der Waals surface area contributed by atoms with Crippen LogP contribution in [0, 0.1) is 5.92 Å². The van der Waals surface area contributed by atoms with Gasteiger partial charge in [-0.15, -0.1) is 0 Å². The van der Waals surface area contributed by atoms with Crippen LogP contribution in [0.1, 0.15) is 20.3 Å². The molecule has 0 spiro atoms. The zero-order valence-electron chi connectivity index (χ0n) is 8.76. The van der Waals surface area contributed by atoms with Gasteiger partial charge in [0.25, 0.3) is 0 Å². The minimum atomic E-state index is 0.0515. The van der Waals surface area contributed by atoms with E-state index in [9.17, 15) is 4.79 Å². The number of carbonyl (C=O) groups excluding carboxylic acids is 1. The number of hydrogen-bond acceptors (Lipinski definition) is 2. The molecule has 0 heterocycles. The summed E-state index contributed by atoms with van der Waals surface area (Å²) in [5.74, 6) is 0.175. The Labute approximate surface area is 80.6 Å². The molecule has 0 aromatic heterocycles. The molecule has 0 fully saturated rings. The SMILES string of the molecule is C/C=C/CCNC(=O)C(C)CNC. The minimum Gasteiger partial charge on any atom is -0.356 e. The summed E-state index contributed by atoms with van der Waals surface area (Å²) < 4.78 is 0. The Hall–Kier alpha value is -0.830. The molecule has 0 aliphatic rings. The van der Waals surface area contributed by atoms with Crippen LogP contribution in [0.2, 0.25) is 0 Å². The van der Waals surface area contributed by atoms with Crippen LogP contribution in [0.5, 0.6) is 0 Å². The van der Waals surface area contributed by atoms with Gasteiger partial charge >= 0.3 is 0 Å². The lowest BCUT2D eigenvalue weighted by atomic mass is 10.1. The van der Waals surface area contributed by atoms with Crippen LogP contribution in [0.15, 0.2) is 12.2 Å². The lowest BCUT2D eigenvalue weighted by Crippen LogP contribution is -2.34. The predicted octanol–water partition coefficient (Wildman–Crippen LogP) is 0.924. The maximum Gasteiger partial charge on any atom is 0.224 e. The van der Waals surface area contributed by atoms with Gasteiger partial charge < -0.3 is 10.6 Å². The van der Waals surface area contributed by atoms with E-state index in [1.807, 2.05) is 33.0 Å². The number of hydrogen-bond donors (Lipinski definition) is 2. The van der Waals surface area contributed by atoms with E-state index >= 15 is 0 Å². The van der Waals surface area contributed by atoms with Crippen LogP contribution in [-0.4, -0.2) is 26.0 Å². The lowest BCUT2D eigenvalue weighted by Gasteiger charge is -2.10. The number of nitrogens with one attached hydrogen (secondary N) is 2. The van der Waals surface area contributed by atoms with Crippen molar-refractivity contribution in [2.45, 2.75) is 20.3 Å². The molecular formula is C10H20N2O. The molecule has 76 valence electrons. The number of carbonyl (C=O) groups is 1. The highest BCUT2D eigenvalue weighted by atomic mass is 16.1. The van der Waals surface area contributed by atoms with Gasteiger partial charge in [-0.05, 0) is 20.4 Å². The van der Waals surface area contributed by atoms with Gasteiger partial charge in [0.2, 0.25) is 5.91 Å². The summed E-state index contributed by atoms with van der Waals surface area (Å²) in [5.41, 5.74) is 0. The molecule has 3 nitrogen and oxygen atoms in total. The molecule has 0 bridgehead atoms. The first-order chi connectivity index (χ1) is 6.22. The first kappa shape index (κ1) is 12.2. The van der Waals surface area contributed by atoms with Crippen molar-refractivity contribution in [3.05, 3.63) is 12.2 Å². The normalized spacial score (nSPS) is 13.2. The van der Waals surface area contributed by atoms with E-state index in [1.165, 1.54) is 0 Å². The molecule has 0 rings (SSSR count). The standard InChI is InChI=1S/C10H20N2O/c1-4-5-6-7-12-10(13)9(2)8-11-3/h4-5,9,11H,6-8H2,1-3H3,(H,12,13)/b5-4+. The van der Waals surface area contributed by atoms with Crippen molar-refractivity contribution in [3.8, 4) is 0 Å². The number of rotatable bonds is 6. The summed E-state index contributed by atoms with van der Waals surface area (Å²) in [4.78, 5) is 11.3. The second-order valence-electron chi connectivity index (χ2n) is 3.11. The van der Waals surface area contributed by atoms with Gasteiger partial charge in [-0.1, -0.05) is 19.1 Å². The van der Waals surface area contributed by atoms with E-state index in [4.69, 9.17) is 0 Å². The highest BCUT2D eigenvalue weighted by Gasteiger charge is 2.09. The summed E-state index contributed by atoms with van der Waals surface area (Å²) in [6.45, 7) is 5.36. The van der Waals surface area contributed by atoms with Crippen molar-refractivity contribution >= 4 is 5.91 Å². The molecule has 0 saturated carbocycles. The molecule has 1 atom stereocenters. The number of allylic oxidation sites excluding steroid dienone is 1. The third kappa shape index (κ3) is 6.34. The van der Waals surface area contributed by atoms with Crippen molar-refractivity contribution in [3.63, 3.8) is 0 Å². The van der Waals surface area contributed by atoms with Crippen LogP contribution in [0.25, 0.3) is 0 Å². The Kier molecular flexibility index (Phi) is 7.30. The average Bonchev–Trinajstić information content (AvgIpc) is 2.12. The highest BCUT2D eigenvalue weighted by Crippen LogP contribution is 1.91. The van der Waals surface area contributed by atoms with Gasteiger partial charge in [-0.25, -0.2) is 0 Å². The first-order valence-electron chi connectivity index (χ1n) is 4.75. The Morgan fingerprint density at radius 1 is 1.54 bits per heavy atom. The van der Waals surface area contributed by atoms with Crippen LogP contribution in [0.3, 0.4) is 0 Å². The van der Waals surface area contributed by atoms with Gasteiger partial charge in [0.05, 0.1) is 0 Å². The molecule has 0 aromatic carbocycles. The molecule has 0 aliphatic carbocycles. The monoisotopic (exact) mass is 184 g/mol. The minimum absolute atomic E-state index is 0.0515. The van der Waals surface area contributed by atoms with Gasteiger partial charge in [0.1, 0.15) is 0 Å². The first-order valence-corrected chi connectivity index (χ1v) is 4.75. The zero-order chi connectivity index (χ0) is 10.1. The Bertz CT molecular complexity index is 166. The third-order valence-electron chi connectivity index (χ3n) is 1.80. The fourth-order valence-electron chi connectivity index (χ4n) is 1.02. The van der Waals surface area contributed by atoms with Gasteiger partial charge in [0.15, 0.2) is 0 Å². The summed E-state index contributed by atoms with van der Waals surface area (Å²) in [6, 6.07) is 0. The maximum atomic E-state index is 11.3. The van der Waals surface area contributed by atoms with Gasteiger partial charge in [0, 0.05) is 19.0 Å². The van der Waals surface area contributed by atoms with Crippen molar-refractivity contribution in [1.29, 1.82) is 0 Å². The smallest absolute Gasteiger partial charge is 0.224 e. The van der Waals surface area contributed by atoms with Crippen LogP contribution < -0.4 is 10.6 Å². The topological polar surface area (TPSA) is 41.1 Å². The van der Waals surface area contributed by atoms with Gasteiger partial charge in [-0.2, -0.15) is 0 Å². The number of amides is 1. The van der Waals surface area contributed by atoms with Gasteiger partial charge in [-0.3, -0.25) is 4.79 Å². The zero-order valence-corrected chi connectivity index (χ0v) is 8.76. The average molecular weight is 184 g/mol. The quantitative estimate of drug-likeness (QED) is 0.476. The Morgan fingerprint density at radius 3 is 2.77 bits per heavy atom. The Balaban J connectivity index is 3.49. The molecule has 0 saturated heterocycles. The molecule has 13 heavy (non-hydrogen) atoms. The van der Waals surface area contributed by atoms with E-state index in [2.05, 4.69) is 10.6 Å². The fraction of sp³-hybridized carbons (Fsp3) is 0.700. The highest BCUT2D eigenvalue weighted by molar-refractivity contribution is 5.78. The van der Waals surface area contributed by atoms with Crippen molar-refractivity contribution in [1.82, 2.24) is 10.6 Å². The summed E-state index contributed by atoms with van der Waals surface area (Å²) in [5, 5.41) is 5.85. The largest absolute Gasteiger partial charge is 0.356 e. The molecule has 0 aromatic rings. The van der Waals surface area contributed by atoms with Crippen LogP contribution in [0.4, 0.5) is 0 Å². The van der Waals surface area contributed by atoms with Crippen molar-refractivity contribution in [2.75, 3.05) is 20.1 Å². The van der Waals surface area contributed by atoms with E-state index < -0.39 is 0 Å². The Morgan fingerprint density at radius 2 is 2.23 bits per heavy atom. The van der Waals surface area contributed by atoms with E-state index in [0.29, 0.717) is 0 Å². The van der Waals surface area contributed by atoms with Crippen molar-refractivity contribution < 1.29 is 4.79 Å². The molecular weight excluding hydrogens is 164 g/mol. The molecule has 3 heteroatoms. The summed E-state index contributed by atoms with van der Waals surface area (Å²) >= 11 is 0.